The summed E-state index contributed by atoms with van der Waals surface area (Å²) in [5.41, 5.74) is 0. The zero-order valence-corrected chi connectivity index (χ0v) is 6.24. The van der Waals surface area contributed by atoms with E-state index in [4.69, 9.17) is 0 Å². The van der Waals surface area contributed by atoms with Crippen LogP contribution in [0, 0.1) is 0 Å². The van der Waals surface area contributed by atoms with Crippen molar-refractivity contribution in [2.75, 3.05) is 0 Å². The summed E-state index contributed by atoms with van der Waals surface area (Å²) in [6.45, 7) is 7.89. The van der Waals surface area contributed by atoms with Crippen molar-refractivity contribution in [1.29, 1.82) is 0 Å². The molecule has 0 aromatic heterocycles. The second kappa shape index (κ2) is 4.98. The van der Waals surface area contributed by atoms with E-state index in [1.807, 2.05) is 6.08 Å². The van der Waals surface area contributed by atoms with Gasteiger partial charge in [-0.2, -0.15) is 0 Å². The molecule has 0 atom stereocenters. The molecule has 0 nitrogen and oxygen atoms in total. The summed E-state index contributed by atoms with van der Waals surface area (Å²) in [5, 5.41) is 2.74. The monoisotopic (exact) mass is 128 g/mol. The Morgan fingerprint density at radius 3 is 2.50 bits per heavy atom. The van der Waals surface area contributed by atoms with Crippen LogP contribution in [0.25, 0.3) is 0 Å². The molecule has 0 fully saturated rings. The van der Waals surface area contributed by atoms with Crippen LogP contribution in [0.2, 0.25) is 0 Å². The van der Waals surface area contributed by atoms with Crippen molar-refractivity contribution in [2.45, 2.75) is 19.1 Å². The molecular weight excluding hydrogens is 116 g/mol. The first kappa shape index (κ1) is 7.83. The maximum absolute atomic E-state index is 3.56. The predicted octanol–water partition coefficient (Wildman–Crippen LogP) is 2.83. The molecule has 0 saturated heterocycles. The van der Waals surface area contributed by atoms with E-state index in [9.17, 15) is 0 Å². The Kier molecular flexibility index (Phi) is 4.87. The van der Waals surface area contributed by atoms with E-state index < -0.39 is 0 Å². The van der Waals surface area contributed by atoms with Crippen LogP contribution in [-0.4, -0.2) is 5.25 Å². The third kappa shape index (κ3) is 5.83. The van der Waals surface area contributed by atoms with Crippen LogP contribution in [0.15, 0.2) is 24.1 Å². The number of hydrogen-bond donors (Lipinski definition) is 0. The Labute approximate surface area is 55.7 Å². The highest BCUT2D eigenvalue weighted by atomic mass is 32.2. The fourth-order valence-corrected chi connectivity index (χ4v) is 0.774. The summed E-state index contributed by atoms with van der Waals surface area (Å²) < 4.78 is 0. The van der Waals surface area contributed by atoms with E-state index in [1.54, 1.807) is 17.8 Å². The second-order valence-corrected chi connectivity index (χ2v) is 3.24. The molecule has 0 rings (SSSR count). The lowest BCUT2D eigenvalue weighted by molar-refractivity contribution is 1.12. The number of hydrogen-bond acceptors (Lipinski definition) is 1. The van der Waals surface area contributed by atoms with Crippen LogP contribution >= 0.6 is 11.8 Å². The molecule has 0 saturated carbocycles. The highest BCUT2D eigenvalue weighted by Crippen LogP contribution is 2.09. The van der Waals surface area contributed by atoms with Gasteiger partial charge in [0, 0.05) is 5.25 Å². The van der Waals surface area contributed by atoms with Gasteiger partial charge in [-0.25, -0.2) is 0 Å². The van der Waals surface area contributed by atoms with E-state index in [2.05, 4.69) is 25.8 Å². The first-order chi connectivity index (χ1) is 3.77. The molecule has 8 heavy (non-hydrogen) atoms. The zero-order chi connectivity index (χ0) is 6.41. The van der Waals surface area contributed by atoms with Crippen molar-refractivity contribution in [2.24, 2.45) is 0 Å². The molecule has 0 heterocycles. The highest BCUT2D eigenvalue weighted by molar-refractivity contribution is 8.02. The van der Waals surface area contributed by atoms with E-state index in [1.165, 1.54) is 0 Å². The zero-order valence-electron chi connectivity index (χ0n) is 5.42. The average Bonchev–Trinajstić information content (AvgIpc) is 1.66. The standard InChI is InChI=1S/C7H12S/c1-4-5-6-8-7(2)3/h4-7H,1H2,2-3H3/b6-5-. The lowest BCUT2D eigenvalue weighted by Crippen LogP contribution is -1.79. The van der Waals surface area contributed by atoms with Gasteiger partial charge in [0.2, 0.25) is 0 Å². The summed E-state index contributed by atoms with van der Waals surface area (Å²) in [6, 6.07) is 0. The van der Waals surface area contributed by atoms with Crippen molar-refractivity contribution >= 4 is 11.8 Å². The van der Waals surface area contributed by atoms with E-state index in [-0.39, 0.29) is 0 Å². The minimum Gasteiger partial charge on any atom is -0.131 e. The minimum absolute atomic E-state index is 0.686. The Bertz CT molecular complexity index is 82.4. The van der Waals surface area contributed by atoms with Crippen molar-refractivity contribution in [3.05, 3.63) is 24.1 Å². The van der Waals surface area contributed by atoms with Gasteiger partial charge in [-0.1, -0.05) is 32.6 Å². The molecule has 0 unspecified atom stereocenters. The van der Waals surface area contributed by atoms with E-state index in [0.717, 1.165) is 0 Å². The first-order valence-electron chi connectivity index (χ1n) is 2.70. The molecule has 0 aromatic carbocycles. The molecule has 0 spiro atoms. The molecule has 0 bridgehead atoms. The van der Waals surface area contributed by atoms with Gasteiger partial charge in [-0.15, -0.1) is 11.8 Å². The SMILES string of the molecule is C=C/C=C\SC(C)C. The van der Waals surface area contributed by atoms with Crippen molar-refractivity contribution in [3.8, 4) is 0 Å². The predicted molar refractivity (Wildman–Crippen MR) is 42.1 cm³/mol. The molecule has 0 amide bonds. The number of thioether (sulfide) groups is 1. The normalized spacial score (nSPS) is 10.9. The average molecular weight is 128 g/mol. The fraction of sp³-hybridized carbons (Fsp3) is 0.429. The summed E-state index contributed by atoms with van der Waals surface area (Å²) in [4.78, 5) is 0. The Balaban J connectivity index is 3.15. The molecule has 0 N–H and O–H groups in total. The van der Waals surface area contributed by atoms with Gasteiger partial charge in [-0.3, -0.25) is 0 Å². The molecular formula is C7H12S. The topological polar surface area (TPSA) is 0 Å². The first-order valence-corrected chi connectivity index (χ1v) is 3.64. The van der Waals surface area contributed by atoms with Gasteiger partial charge in [-0.05, 0) is 5.41 Å². The molecule has 1 heteroatoms. The molecule has 0 aliphatic heterocycles. The van der Waals surface area contributed by atoms with Crippen molar-refractivity contribution < 1.29 is 0 Å². The summed E-state index contributed by atoms with van der Waals surface area (Å²) in [7, 11) is 0. The van der Waals surface area contributed by atoms with Crippen LogP contribution in [0.4, 0.5) is 0 Å². The largest absolute Gasteiger partial charge is 0.131 e. The number of rotatable bonds is 3. The Morgan fingerprint density at radius 1 is 1.50 bits per heavy atom. The summed E-state index contributed by atoms with van der Waals surface area (Å²) in [6.07, 6.45) is 3.74. The summed E-state index contributed by atoms with van der Waals surface area (Å²) in [5.74, 6) is 0. The van der Waals surface area contributed by atoms with Crippen molar-refractivity contribution in [1.82, 2.24) is 0 Å². The maximum Gasteiger partial charge on any atom is 0.00317 e. The van der Waals surface area contributed by atoms with E-state index >= 15 is 0 Å². The third-order valence-corrected chi connectivity index (χ3v) is 1.42. The van der Waals surface area contributed by atoms with Gasteiger partial charge in [0.05, 0.1) is 0 Å². The van der Waals surface area contributed by atoms with Gasteiger partial charge in [0.1, 0.15) is 0 Å². The van der Waals surface area contributed by atoms with Crippen molar-refractivity contribution in [3.63, 3.8) is 0 Å². The van der Waals surface area contributed by atoms with Gasteiger partial charge >= 0.3 is 0 Å². The van der Waals surface area contributed by atoms with Crippen LogP contribution < -0.4 is 0 Å². The Morgan fingerprint density at radius 2 is 2.12 bits per heavy atom. The van der Waals surface area contributed by atoms with Crippen LogP contribution in [0.5, 0.6) is 0 Å². The van der Waals surface area contributed by atoms with Gasteiger partial charge in [0.15, 0.2) is 0 Å². The van der Waals surface area contributed by atoms with Gasteiger partial charge < -0.3 is 0 Å². The molecule has 46 valence electrons. The summed E-state index contributed by atoms with van der Waals surface area (Å²) >= 11 is 1.80. The maximum atomic E-state index is 3.56. The second-order valence-electron chi connectivity index (χ2n) is 1.75. The highest BCUT2D eigenvalue weighted by Gasteiger charge is 1.84. The van der Waals surface area contributed by atoms with Crippen LogP contribution in [0.1, 0.15) is 13.8 Å². The quantitative estimate of drug-likeness (QED) is 0.527. The molecule has 0 aliphatic carbocycles. The van der Waals surface area contributed by atoms with Gasteiger partial charge in [0.25, 0.3) is 0 Å². The Hall–Kier alpha value is -0.170. The minimum atomic E-state index is 0.686. The smallest absolute Gasteiger partial charge is 0.00317 e. The van der Waals surface area contributed by atoms with Crippen LogP contribution in [-0.2, 0) is 0 Å². The fourth-order valence-electron chi connectivity index (χ4n) is 0.258. The number of allylic oxidation sites excluding steroid dienone is 2. The third-order valence-electron chi connectivity index (χ3n) is 0.565. The lowest BCUT2D eigenvalue weighted by Gasteiger charge is -1.93. The van der Waals surface area contributed by atoms with Crippen LogP contribution in [0.3, 0.4) is 0 Å². The lowest BCUT2D eigenvalue weighted by atomic mass is 10.6. The molecule has 0 radical (unpaired) electrons. The van der Waals surface area contributed by atoms with E-state index in [0.29, 0.717) is 5.25 Å². The molecule has 0 aliphatic rings. The molecule has 0 aromatic rings.